The highest BCUT2D eigenvalue weighted by atomic mass is 32.1. The number of carbonyl (C=O) groups is 1. The van der Waals surface area contributed by atoms with Gasteiger partial charge in [0.25, 0.3) is 0 Å². The van der Waals surface area contributed by atoms with Gasteiger partial charge in [-0.3, -0.25) is 4.79 Å². The topological polar surface area (TPSA) is 64.1 Å². The van der Waals surface area contributed by atoms with Crippen LogP contribution in [0, 0.1) is 13.8 Å². The SMILES string of the molecule is CCOC(=O)CNc1nc(C)nc2sc(C)cc12. The lowest BCUT2D eigenvalue weighted by Crippen LogP contribution is -2.17. The van der Waals surface area contributed by atoms with Crippen LogP contribution in [0.5, 0.6) is 0 Å². The summed E-state index contributed by atoms with van der Waals surface area (Å²) in [7, 11) is 0. The predicted octanol–water partition coefficient (Wildman–Crippen LogP) is 2.28. The smallest absolute Gasteiger partial charge is 0.325 e. The number of fused-ring (bicyclic) bond motifs is 1. The Bertz CT molecular complexity index is 580. The first-order valence-electron chi connectivity index (χ1n) is 5.74. The Morgan fingerprint density at radius 1 is 1.44 bits per heavy atom. The average Bonchev–Trinajstić information content (AvgIpc) is 2.66. The third kappa shape index (κ3) is 2.76. The van der Waals surface area contributed by atoms with Crippen molar-refractivity contribution in [2.24, 2.45) is 0 Å². The molecule has 2 heterocycles. The minimum atomic E-state index is -0.283. The third-order valence-electron chi connectivity index (χ3n) is 2.33. The molecule has 0 fully saturated rings. The number of aromatic nitrogens is 2. The van der Waals surface area contributed by atoms with Crippen molar-refractivity contribution in [1.82, 2.24) is 9.97 Å². The number of hydrogen-bond donors (Lipinski definition) is 1. The Labute approximate surface area is 109 Å². The maximum absolute atomic E-state index is 11.3. The number of aryl methyl sites for hydroxylation is 2. The summed E-state index contributed by atoms with van der Waals surface area (Å²) in [6.45, 7) is 6.15. The van der Waals surface area contributed by atoms with Gasteiger partial charge >= 0.3 is 5.97 Å². The number of thiophene rings is 1. The molecule has 2 rings (SSSR count). The summed E-state index contributed by atoms with van der Waals surface area (Å²) in [5.41, 5.74) is 0. The largest absolute Gasteiger partial charge is 0.465 e. The van der Waals surface area contributed by atoms with Crippen molar-refractivity contribution in [3.63, 3.8) is 0 Å². The normalized spacial score (nSPS) is 10.6. The molecule has 0 bridgehead atoms. The van der Waals surface area contributed by atoms with Crippen LogP contribution in [0.15, 0.2) is 6.07 Å². The van der Waals surface area contributed by atoms with E-state index in [1.165, 1.54) is 4.88 Å². The minimum absolute atomic E-state index is 0.119. The van der Waals surface area contributed by atoms with Crippen molar-refractivity contribution in [3.05, 3.63) is 16.8 Å². The summed E-state index contributed by atoms with van der Waals surface area (Å²) in [6.07, 6.45) is 0. The van der Waals surface area contributed by atoms with Gasteiger partial charge in [-0.2, -0.15) is 0 Å². The lowest BCUT2D eigenvalue weighted by atomic mass is 10.3. The molecule has 0 amide bonds. The average molecular weight is 265 g/mol. The quantitative estimate of drug-likeness (QED) is 0.859. The molecule has 0 aliphatic heterocycles. The molecule has 18 heavy (non-hydrogen) atoms. The highest BCUT2D eigenvalue weighted by Crippen LogP contribution is 2.28. The molecule has 6 heteroatoms. The van der Waals surface area contributed by atoms with Crippen LogP contribution in [0.2, 0.25) is 0 Å². The molecule has 0 aliphatic carbocycles. The predicted molar refractivity (Wildman–Crippen MR) is 72.0 cm³/mol. The second kappa shape index (κ2) is 5.30. The van der Waals surface area contributed by atoms with Gasteiger partial charge in [0.15, 0.2) is 0 Å². The second-order valence-corrected chi connectivity index (χ2v) is 5.09. The van der Waals surface area contributed by atoms with Gasteiger partial charge < -0.3 is 10.1 Å². The molecule has 0 spiro atoms. The van der Waals surface area contributed by atoms with Crippen LogP contribution < -0.4 is 5.32 Å². The van der Waals surface area contributed by atoms with Crippen molar-refractivity contribution in [1.29, 1.82) is 0 Å². The van der Waals surface area contributed by atoms with Crippen LogP contribution in [0.4, 0.5) is 5.82 Å². The molecule has 0 atom stereocenters. The first-order valence-corrected chi connectivity index (χ1v) is 6.56. The molecule has 96 valence electrons. The van der Waals surface area contributed by atoms with Crippen LogP contribution in [-0.2, 0) is 9.53 Å². The number of nitrogens with zero attached hydrogens (tertiary/aromatic N) is 2. The van der Waals surface area contributed by atoms with Crippen LogP contribution in [0.3, 0.4) is 0 Å². The first kappa shape index (κ1) is 12.8. The molecule has 2 aromatic heterocycles. The lowest BCUT2D eigenvalue weighted by molar-refractivity contribution is -0.140. The fourth-order valence-corrected chi connectivity index (χ4v) is 2.58. The molecule has 0 saturated heterocycles. The van der Waals surface area contributed by atoms with E-state index in [1.807, 2.05) is 19.9 Å². The Morgan fingerprint density at radius 2 is 2.22 bits per heavy atom. The van der Waals surface area contributed by atoms with Crippen LogP contribution in [0.25, 0.3) is 10.2 Å². The Morgan fingerprint density at radius 3 is 2.94 bits per heavy atom. The zero-order valence-electron chi connectivity index (χ0n) is 10.6. The van der Waals surface area contributed by atoms with Gasteiger partial charge in [-0.15, -0.1) is 11.3 Å². The number of ether oxygens (including phenoxy) is 1. The molecular weight excluding hydrogens is 250 g/mol. The van der Waals surface area contributed by atoms with Crippen LogP contribution in [-0.4, -0.2) is 29.1 Å². The molecule has 0 saturated carbocycles. The second-order valence-electron chi connectivity index (χ2n) is 3.85. The molecular formula is C12H15N3O2S. The van der Waals surface area contributed by atoms with Gasteiger partial charge in [-0.1, -0.05) is 0 Å². The van der Waals surface area contributed by atoms with E-state index in [0.29, 0.717) is 18.2 Å². The maximum atomic E-state index is 11.3. The molecule has 1 N–H and O–H groups in total. The van der Waals surface area contributed by atoms with E-state index in [4.69, 9.17) is 4.74 Å². The molecule has 5 nitrogen and oxygen atoms in total. The van der Waals surface area contributed by atoms with Crippen molar-refractivity contribution < 1.29 is 9.53 Å². The van der Waals surface area contributed by atoms with Crippen molar-refractivity contribution in [2.45, 2.75) is 20.8 Å². The number of carbonyl (C=O) groups excluding carboxylic acids is 1. The fraction of sp³-hybridized carbons (Fsp3) is 0.417. The Hall–Kier alpha value is -1.69. The van der Waals surface area contributed by atoms with Gasteiger partial charge in [-0.25, -0.2) is 9.97 Å². The highest BCUT2D eigenvalue weighted by Gasteiger charge is 2.10. The number of rotatable bonds is 4. The van der Waals surface area contributed by atoms with Gasteiger partial charge in [0, 0.05) is 4.88 Å². The molecule has 0 aromatic carbocycles. The summed E-state index contributed by atoms with van der Waals surface area (Å²) in [5, 5.41) is 3.96. The lowest BCUT2D eigenvalue weighted by Gasteiger charge is -2.06. The van der Waals surface area contributed by atoms with E-state index < -0.39 is 0 Å². The van der Waals surface area contributed by atoms with Gasteiger partial charge in [0.05, 0.1) is 12.0 Å². The van der Waals surface area contributed by atoms with E-state index in [2.05, 4.69) is 15.3 Å². The monoisotopic (exact) mass is 265 g/mol. The van der Waals surface area contributed by atoms with Crippen LogP contribution >= 0.6 is 11.3 Å². The van der Waals surface area contributed by atoms with Gasteiger partial charge in [-0.05, 0) is 26.8 Å². The maximum Gasteiger partial charge on any atom is 0.325 e. The Balaban J connectivity index is 2.24. The number of nitrogens with one attached hydrogen (secondary N) is 1. The molecule has 0 radical (unpaired) electrons. The molecule has 2 aromatic rings. The summed E-state index contributed by atoms with van der Waals surface area (Å²) >= 11 is 1.62. The molecule has 0 unspecified atom stereocenters. The van der Waals surface area contributed by atoms with Gasteiger partial charge in [0.2, 0.25) is 0 Å². The fourth-order valence-electron chi connectivity index (χ4n) is 1.65. The van der Waals surface area contributed by atoms with E-state index >= 15 is 0 Å². The standard InChI is InChI=1S/C12H15N3O2S/c1-4-17-10(16)6-13-11-9-5-7(2)18-12(9)15-8(3)14-11/h5H,4,6H2,1-3H3,(H,13,14,15). The zero-order chi connectivity index (χ0) is 13.1. The minimum Gasteiger partial charge on any atom is -0.465 e. The highest BCUT2D eigenvalue weighted by molar-refractivity contribution is 7.18. The summed E-state index contributed by atoms with van der Waals surface area (Å²) in [5.74, 6) is 1.10. The van der Waals surface area contributed by atoms with E-state index in [1.54, 1.807) is 18.3 Å². The number of anilines is 1. The number of hydrogen-bond acceptors (Lipinski definition) is 6. The van der Waals surface area contributed by atoms with Crippen molar-refractivity contribution >= 4 is 33.3 Å². The molecule has 0 aliphatic rings. The van der Waals surface area contributed by atoms with Crippen molar-refractivity contribution in [2.75, 3.05) is 18.5 Å². The van der Waals surface area contributed by atoms with Crippen LogP contribution in [0.1, 0.15) is 17.6 Å². The van der Waals surface area contributed by atoms with E-state index in [9.17, 15) is 4.79 Å². The third-order valence-corrected chi connectivity index (χ3v) is 3.28. The van der Waals surface area contributed by atoms with Gasteiger partial charge in [0.1, 0.15) is 23.0 Å². The summed E-state index contributed by atoms with van der Waals surface area (Å²) in [4.78, 5) is 22.1. The summed E-state index contributed by atoms with van der Waals surface area (Å²) < 4.78 is 4.87. The van der Waals surface area contributed by atoms with E-state index in [0.717, 1.165) is 10.2 Å². The first-order chi connectivity index (χ1) is 8.60. The summed E-state index contributed by atoms with van der Waals surface area (Å²) in [6, 6.07) is 2.02. The van der Waals surface area contributed by atoms with Crippen molar-refractivity contribution in [3.8, 4) is 0 Å². The zero-order valence-corrected chi connectivity index (χ0v) is 11.4. The van der Waals surface area contributed by atoms with E-state index in [-0.39, 0.29) is 12.5 Å². The number of esters is 1. The Kier molecular flexibility index (Phi) is 3.76.